The van der Waals surface area contributed by atoms with Crippen molar-refractivity contribution >= 4 is 33.9 Å². The zero-order valence-electron chi connectivity index (χ0n) is 14.3. The van der Waals surface area contributed by atoms with Gasteiger partial charge in [-0.15, -0.1) is 11.3 Å². The molecule has 0 aliphatic rings. The van der Waals surface area contributed by atoms with Crippen molar-refractivity contribution in [1.82, 2.24) is 0 Å². The zero-order chi connectivity index (χ0) is 18.7. The molecule has 2 aromatic rings. The molecule has 0 spiro atoms. The fourth-order valence-electron chi connectivity index (χ4n) is 2.23. The number of amides is 1. The molecule has 0 radical (unpaired) electrons. The second-order valence-electron chi connectivity index (χ2n) is 5.67. The molecule has 132 valence electrons. The van der Waals surface area contributed by atoms with E-state index in [1.807, 2.05) is 6.92 Å². The lowest BCUT2D eigenvalue weighted by Crippen LogP contribution is -2.17. The highest BCUT2D eigenvalue weighted by molar-refractivity contribution is 7.16. The summed E-state index contributed by atoms with van der Waals surface area (Å²) in [5, 5.41) is 14.0. The molecule has 1 amide bonds. The average Bonchev–Trinajstić information content (AvgIpc) is 2.80. The number of hydrogen-bond acceptors (Lipinski definition) is 6. The van der Waals surface area contributed by atoms with Crippen LogP contribution in [-0.4, -0.2) is 22.9 Å². The van der Waals surface area contributed by atoms with Crippen molar-refractivity contribution in [2.24, 2.45) is 0 Å². The lowest BCUT2D eigenvalue weighted by atomic mass is 10.1. The lowest BCUT2D eigenvalue weighted by Gasteiger charge is -2.10. The number of nitro benzene ring substituents is 1. The highest BCUT2D eigenvalue weighted by Gasteiger charge is 2.25. The molecule has 7 nitrogen and oxygen atoms in total. The van der Waals surface area contributed by atoms with Crippen molar-refractivity contribution < 1.29 is 19.2 Å². The van der Waals surface area contributed by atoms with E-state index in [9.17, 15) is 19.7 Å². The summed E-state index contributed by atoms with van der Waals surface area (Å²) in [5.41, 5.74) is 0.632. The fourth-order valence-corrected chi connectivity index (χ4v) is 3.27. The molecule has 0 unspecified atom stereocenters. The van der Waals surface area contributed by atoms with E-state index in [-0.39, 0.29) is 22.9 Å². The molecule has 1 aromatic carbocycles. The number of ether oxygens (including phenoxy) is 1. The SMILES string of the molecule is Cc1sc(NC(=O)c2ccccc2[N+](=O)[O-])c(C(=O)OC(C)C)c1C. The molecule has 1 heterocycles. The second-order valence-corrected chi connectivity index (χ2v) is 6.89. The van der Waals surface area contributed by atoms with Gasteiger partial charge in [-0.05, 0) is 39.3 Å². The summed E-state index contributed by atoms with van der Waals surface area (Å²) >= 11 is 1.23. The number of esters is 1. The van der Waals surface area contributed by atoms with Crippen molar-refractivity contribution in [2.45, 2.75) is 33.8 Å². The Hall–Kier alpha value is -2.74. The van der Waals surface area contributed by atoms with E-state index in [2.05, 4.69) is 5.32 Å². The molecule has 0 aliphatic carbocycles. The number of thiophene rings is 1. The average molecular weight is 362 g/mol. The van der Waals surface area contributed by atoms with Crippen molar-refractivity contribution in [1.29, 1.82) is 0 Å². The van der Waals surface area contributed by atoms with Gasteiger partial charge < -0.3 is 10.1 Å². The molecule has 0 bridgehead atoms. The molecule has 25 heavy (non-hydrogen) atoms. The van der Waals surface area contributed by atoms with Gasteiger partial charge in [0.15, 0.2) is 0 Å². The molecular formula is C17H18N2O5S. The summed E-state index contributed by atoms with van der Waals surface area (Å²) < 4.78 is 5.23. The maximum atomic E-state index is 12.5. The summed E-state index contributed by atoms with van der Waals surface area (Å²) in [5.74, 6) is -1.18. The maximum Gasteiger partial charge on any atom is 0.341 e. The number of carbonyl (C=O) groups excluding carboxylic acids is 2. The summed E-state index contributed by atoms with van der Waals surface area (Å²) in [6, 6.07) is 5.65. The van der Waals surface area contributed by atoms with Crippen LogP contribution < -0.4 is 5.32 Å². The first-order chi connectivity index (χ1) is 11.7. The van der Waals surface area contributed by atoms with Crippen molar-refractivity contribution in [3.8, 4) is 0 Å². The minimum absolute atomic E-state index is 0.0700. The standard InChI is InChI=1S/C17H18N2O5S/c1-9(2)24-17(21)14-10(3)11(4)25-16(14)18-15(20)12-7-5-6-8-13(12)19(22)23/h5-9H,1-4H3,(H,18,20). The number of rotatable bonds is 5. The number of para-hydroxylation sites is 1. The highest BCUT2D eigenvalue weighted by atomic mass is 32.1. The van der Waals surface area contributed by atoms with Crippen LogP contribution in [-0.2, 0) is 4.74 Å². The van der Waals surface area contributed by atoms with E-state index in [1.165, 1.54) is 29.5 Å². The van der Waals surface area contributed by atoms with Gasteiger partial charge in [-0.3, -0.25) is 14.9 Å². The third kappa shape index (κ3) is 4.03. The van der Waals surface area contributed by atoms with Crippen LogP contribution in [0.5, 0.6) is 0 Å². The minimum atomic E-state index is -0.646. The van der Waals surface area contributed by atoms with Gasteiger partial charge in [0.2, 0.25) is 0 Å². The third-order valence-corrected chi connectivity index (χ3v) is 4.63. The van der Waals surface area contributed by atoms with Crippen LogP contribution >= 0.6 is 11.3 Å². The predicted octanol–water partition coefficient (Wildman–Crippen LogP) is 4.09. The summed E-state index contributed by atoms with van der Waals surface area (Å²) in [6.07, 6.45) is -0.300. The van der Waals surface area contributed by atoms with Crippen LogP contribution in [0.1, 0.15) is 45.0 Å². The third-order valence-electron chi connectivity index (χ3n) is 3.50. The molecular weight excluding hydrogens is 344 g/mol. The van der Waals surface area contributed by atoms with E-state index in [1.54, 1.807) is 26.8 Å². The molecule has 0 aliphatic heterocycles. The Balaban J connectivity index is 2.38. The highest BCUT2D eigenvalue weighted by Crippen LogP contribution is 2.34. The Bertz CT molecular complexity index is 842. The van der Waals surface area contributed by atoms with Gasteiger partial charge in [0.1, 0.15) is 10.6 Å². The Morgan fingerprint density at radius 3 is 2.48 bits per heavy atom. The second kappa shape index (κ2) is 7.43. The van der Waals surface area contributed by atoms with E-state index >= 15 is 0 Å². The van der Waals surface area contributed by atoms with Crippen molar-refractivity contribution in [2.75, 3.05) is 5.32 Å². The Morgan fingerprint density at radius 2 is 1.88 bits per heavy atom. The fraction of sp³-hybridized carbons (Fsp3) is 0.294. The molecule has 2 rings (SSSR count). The number of nitro groups is 1. The molecule has 1 aromatic heterocycles. The topological polar surface area (TPSA) is 98.5 Å². The van der Waals surface area contributed by atoms with Gasteiger partial charge in [0.05, 0.1) is 16.6 Å². The molecule has 0 fully saturated rings. The van der Waals surface area contributed by atoms with Gasteiger partial charge in [0, 0.05) is 10.9 Å². The number of nitrogens with one attached hydrogen (secondary N) is 1. The van der Waals surface area contributed by atoms with Gasteiger partial charge in [-0.2, -0.15) is 0 Å². The normalized spacial score (nSPS) is 10.6. The van der Waals surface area contributed by atoms with Crippen LogP contribution in [0, 0.1) is 24.0 Å². The zero-order valence-corrected chi connectivity index (χ0v) is 15.1. The minimum Gasteiger partial charge on any atom is -0.459 e. The summed E-state index contributed by atoms with van der Waals surface area (Å²) in [6.45, 7) is 7.06. The van der Waals surface area contributed by atoms with Crippen LogP contribution in [0.2, 0.25) is 0 Å². The quantitative estimate of drug-likeness (QED) is 0.491. The summed E-state index contributed by atoms with van der Waals surface area (Å²) in [7, 11) is 0. The Labute approximate surface area is 148 Å². The summed E-state index contributed by atoms with van der Waals surface area (Å²) in [4.78, 5) is 36.1. The molecule has 0 saturated heterocycles. The van der Waals surface area contributed by atoms with E-state index in [0.29, 0.717) is 10.6 Å². The van der Waals surface area contributed by atoms with Crippen LogP contribution in [0.15, 0.2) is 24.3 Å². The van der Waals surface area contributed by atoms with Crippen LogP contribution in [0.4, 0.5) is 10.7 Å². The Morgan fingerprint density at radius 1 is 1.24 bits per heavy atom. The number of benzene rings is 1. The van der Waals surface area contributed by atoms with Crippen molar-refractivity contribution in [3.05, 3.63) is 55.9 Å². The first-order valence-electron chi connectivity index (χ1n) is 7.58. The van der Waals surface area contributed by atoms with Crippen LogP contribution in [0.3, 0.4) is 0 Å². The Kier molecular flexibility index (Phi) is 5.53. The van der Waals surface area contributed by atoms with Gasteiger partial charge in [-0.25, -0.2) is 4.79 Å². The lowest BCUT2D eigenvalue weighted by molar-refractivity contribution is -0.385. The first kappa shape index (κ1) is 18.6. The molecule has 1 N–H and O–H groups in total. The number of hydrogen-bond donors (Lipinski definition) is 1. The maximum absolute atomic E-state index is 12.5. The number of anilines is 1. The van der Waals surface area contributed by atoms with Gasteiger partial charge in [0.25, 0.3) is 11.6 Å². The molecule has 0 saturated carbocycles. The first-order valence-corrected chi connectivity index (χ1v) is 8.39. The molecule has 0 atom stereocenters. The van der Waals surface area contributed by atoms with Gasteiger partial charge in [-0.1, -0.05) is 12.1 Å². The van der Waals surface area contributed by atoms with E-state index in [4.69, 9.17) is 4.74 Å². The van der Waals surface area contributed by atoms with Gasteiger partial charge >= 0.3 is 5.97 Å². The number of carbonyl (C=O) groups is 2. The smallest absolute Gasteiger partial charge is 0.341 e. The van der Waals surface area contributed by atoms with Crippen molar-refractivity contribution in [3.63, 3.8) is 0 Å². The number of nitrogens with zero attached hydrogens (tertiary/aromatic N) is 1. The predicted molar refractivity (Wildman–Crippen MR) is 95.4 cm³/mol. The van der Waals surface area contributed by atoms with Crippen LogP contribution in [0.25, 0.3) is 0 Å². The monoisotopic (exact) mass is 362 g/mol. The number of aryl methyl sites for hydroxylation is 1. The van der Waals surface area contributed by atoms with E-state index in [0.717, 1.165) is 4.88 Å². The largest absolute Gasteiger partial charge is 0.459 e. The molecule has 8 heteroatoms. The van der Waals surface area contributed by atoms with E-state index < -0.39 is 16.8 Å².